The molecule has 0 aliphatic carbocycles. The van der Waals surface area contributed by atoms with Gasteiger partial charge >= 0.3 is 0 Å². The van der Waals surface area contributed by atoms with E-state index in [0.717, 1.165) is 32.5 Å². The lowest BCUT2D eigenvalue weighted by Gasteiger charge is -2.26. The van der Waals surface area contributed by atoms with Gasteiger partial charge in [-0.3, -0.25) is 0 Å². The van der Waals surface area contributed by atoms with E-state index in [1.807, 2.05) is 0 Å². The molecule has 18 heavy (non-hydrogen) atoms. The number of benzene rings is 1. The van der Waals surface area contributed by atoms with E-state index in [1.54, 1.807) is 0 Å². The summed E-state index contributed by atoms with van der Waals surface area (Å²) in [5.74, 6) is 0. The molecule has 1 aliphatic rings. The van der Waals surface area contributed by atoms with Crippen LogP contribution in [0.15, 0.2) is 24.3 Å². The quantitative estimate of drug-likeness (QED) is 0.826. The number of hydrogen-bond donors (Lipinski definition) is 1. The van der Waals surface area contributed by atoms with Gasteiger partial charge in [-0.1, -0.05) is 18.2 Å². The number of rotatable bonds is 4. The highest BCUT2D eigenvalue weighted by Crippen LogP contribution is 2.23. The molecule has 3 heteroatoms. The first kappa shape index (κ1) is 12.9. The van der Waals surface area contributed by atoms with Crippen molar-refractivity contribution in [3.8, 4) is 6.07 Å². The number of nitrogens with zero attached hydrogens (tertiary/aromatic N) is 2. The van der Waals surface area contributed by atoms with Gasteiger partial charge in [0.1, 0.15) is 0 Å². The third kappa shape index (κ3) is 3.24. The van der Waals surface area contributed by atoms with Crippen LogP contribution in [0.1, 0.15) is 31.7 Å². The molecular weight excluding hydrogens is 222 g/mol. The van der Waals surface area contributed by atoms with Crippen LogP contribution in [0, 0.1) is 11.3 Å². The van der Waals surface area contributed by atoms with Crippen molar-refractivity contribution in [3.63, 3.8) is 0 Å². The fourth-order valence-corrected chi connectivity index (χ4v) is 2.46. The van der Waals surface area contributed by atoms with Gasteiger partial charge in [0.25, 0.3) is 0 Å². The van der Waals surface area contributed by atoms with Crippen molar-refractivity contribution < 1.29 is 0 Å². The molecular formula is C15H21N3. The van der Waals surface area contributed by atoms with Crippen molar-refractivity contribution in [1.82, 2.24) is 5.32 Å². The molecule has 1 aromatic carbocycles. The van der Waals surface area contributed by atoms with E-state index in [2.05, 4.69) is 47.5 Å². The average molecular weight is 243 g/mol. The Hall–Kier alpha value is -1.53. The van der Waals surface area contributed by atoms with Crippen molar-refractivity contribution in [2.24, 2.45) is 0 Å². The summed E-state index contributed by atoms with van der Waals surface area (Å²) >= 11 is 0. The first-order chi connectivity index (χ1) is 8.81. The van der Waals surface area contributed by atoms with E-state index in [-0.39, 0.29) is 0 Å². The third-order valence-electron chi connectivity index (χ3n) is 3.43. The van der Waals surface area contributed by atoms with Gasteiger partial charge < -0.3 is 10.2 Å². The normalized spacial score (nSPS) is 18.9. The Morgan fingerprint density at radius 2 is 2.22 bits per heavy atom. The highest BCUT2D eigenvalue weighted by Gasteiger charge is 2.17. The zero-order valence-electron chi connectivity index (χ0n) is 11.0. The summed E-state index contributed by atoms with van der Waals surface area (Å²) in [5, 5.41) is 12.1. The van der Waals surface area contributed by atoms with E-state index < -0.39 is 0 Å². The highest BCUT2D eigenvalue weighted by molar-refractivity contribution is 5.54. The molecule has 96 valence electrons. The molecule has 0 saturated heterocycles. The topological polar surface area (TPSA) is 39.1 Å². The van der Waals surface area contributed by atoms with Crippen LogP contribution in [0.25, 0.3) is 0 Å². The molecule has 1 unspecified atom stereocenters. The zero-order valence-corrected chi connectivity index (χ0v) is 11.0. The van der Waals surface area contributed by atoms with Crippen molar-refractivity contribution in [2.45, 2.75) is 38.8 Å². The van der Waals surface area contributed by atoms with E-state index in [4.69, 9.17) is 5.26 Å². The Kier molecular flexibility index (Phi) is 4.60. The lowest BCUT2D eigenvalue weighted by Crippen LogP contribution is -2.36. The molecule has 2 rings (SSSR count). The molecule has 1 aliphatic heterocycles. The lowest BCUT2D eigenvalue weighted by molar-refractivity contribution is 0.547. The third-order valence-corrected chi connectivity index (χ3v) is 3.43. The number of nitrogens with one attached hydrogen (secondary N) is 1. The number of fused-ring (bicyclic) bond motifs is 1. The largest absolute Gasteiger partial charge is 0.370 e. The minimum Gasteiger partial charge on any atom is -0.370 e. The molecule has 3 nitrogen and oxygen atoms in total. The number of hydrogen-bond acceptors (Lipinski definition) is 3. The predicted molar refractivity (Wildman–Crippen MR) is 74.4 cm³/mol. The molecule has 0 radical (unpaired) electrons. The molecule has 1 aromatic rings. The van der Waals surface area contributed by atoms with Crippen LogP contribution in [-0.2, 0) is 6.54 Å². The first-order valence-electron chi connectivity index (χ1n) is 6.74. The van der Waals surface area contributed by atoms with Gasteiger partial charge in [-0.2, -0.15) is 5.26 Å². The molecule has 0 aromatic heterocycles. The van der Waals surface area contributed by atoms with Crippen LogP contribution in [0.4, 0.5) is 5.69 Å². The fourth-order valence-electron chi connectivity index (χ4n) is 2.46. The van der Waals surface area contributed by atoms with E-state index in [9.17, 15) is 0 Å². The van der Waals surface area contributed by atoms with Crippen LogP contribution < -0.4 is 10.2 Å². The van der Waals surface area contributed by atoms with Gasteiger partial charge in [0.2, 0.25) is 0 Å². The van der Waals surface area contributed by atoms with Gasteiger partial charge in [-0.25, -0.2) is 0 Å². The van der Waals surface area contributed by atoms with E-state index >= 15 is 0 Å². The van der Waals surface area contributed by atoms with Crippen LogP contribution in [0.3, 0.4) is 0 Å². The second-order valence-corrected chi connectivity index (χ2v) is 4.97. The summed E-state index contributed by atoms with van der Waals surface area (Å²) in [6.45, 7) is 5.27. The smallest absolute Gasteiger partial charge is 0.0621 e. The summed E-state index contributed by atoms with van der Waals surface area (Å²) < 4.78 is 0. The van der Waals surface area contributed by atoms with Crippen molar-refractivity contribution in [3.05, 3.63) is 29.8 Å². The summed E-state index contributed by atoms with van der Waals surface area (Å²) in [4.78, 5) is 2.46. The Morgan fingerprint density at radius 1 is 1.39 bits per heavy atom. The number of unbranched alkanes of at least 4 members (excludes halogenated alkanes) is 2. The lowest BCUT2D eigenvalue weighted by atomic mass is 10.1. The fraction of sp³-hybridized carbons (Fsp3) is 0.533. The molecule has 0 amide bonds. The Labute approximate surface area is 109 Å². The number of nitriles is 1. The molecule has 0 saturated carbocycles. The SMILES string of the molecule is CC1CN(CCCCC#N)c2ccccc2CN1. The van der Waals surface area contributed by atoms with E-state index in [0.29, 0.717) is 12.5 Å². The first-order valence-corrected chi connectivity index (χ1v) is 6.74. The van der Waals surface area contributed by atoms with Gasteiger partial charge in [-0.15, -0.1) is 0 Å². The van der Waals surface area contributed by atoms with Crippen LogP contribution in [0.5, 0.6) is 0 Å². The van der Waals surface area contributed by atoms with E-state index in [1.165, 1.54) is 11.3 Å². The summed E-state index contributed by atoms with van der Waals surface area (Å²) in [7, 11) is 0. The maximum Gasteiger partial charge on any atom is 0.0621 e. The summed E-state index contributed by atoms with van der Waals surface area (Å²) in [5.41, 5.74) is 2.73. The van der Waals surface area contributed by atoms with Crippen LogP contribution >= 0.6 is 0 Å². The molecule has 1 N–H and O–H groups in total. The Morgan fingerprint density at radius 3 is 3.06 bits per heavy atom. The second-order valence-electron chi connectivity index (χ2n) is 4.97. The van der Waals surface area contributed by atoms with Crippen LogP contribution in [-0.4, -0.2) is 19.1 Å². The van der Waals surface area contributed by atoms with Gasteiger partial charge in [-0.05, 0) is 31.4 Å². The standard InChI is InChI=1S/C15H21N3/c1-13-12-18(10-6-2-5-9-16)15-8-4-3-7-14(15)11-17-13/h3-4,7-8,13,17H,2,5-6,10-12H2,1H3. The maximum atomic E-state index is 8.57. The molecule has 0 fully saturated rings. The molecule has 1 atom stereocenters. The zero-order chi connectivity index (χ0) is 12.8. The molecule has 0 spiro atoms. The Bertz CT molecular complexity index is 422. The predicted octanol–water partition coefficient (Wildman–Crippen LogP) is 2.68. The number of anilines is 1. The van der Waals surface area contributed by atoms with Gasteiger partial charge in [0.05, 0.1) is 6.07 Å². The molecule has 1 heterocycles. The van der Waals surface area contributed by atoms with Crippen LogP contribution in [0.2, 0.25) is 0 Å². The van der Waals surface area contributed by atoms with Crippen molar-refractivity contribution >= 4 is 5.69 Å². The maximum absolute atomic E-state index is 8.57. The molecule has 0 bridgehead atoms. The van der Waals surface area contributed by atoms with Gasteiger partial charge in [0.15, 0.2) is 0 Å². The Balaban J connectivity index is 2.05. The minimum absolute atomic E-state index is 0.508. The van der Waals surface area contributed by atoms with Crippen molar-refractivity contribution in [1.29, 1.82) is 5.26 Å². The minimum atomic E-state index is 0.508. The second kappa shape index (κ2) is 6.42. The number of para-hydroxylation sites is 1. The summed E-state index contributed by atoms with van der Waals surface area (Å²) in [6.07, 6.45) is 2.76. The summed E-state index contributed by atoms with van der Waals surface area (Å²) in [6, 6.07) is 11.3. The average Bonchev–Trinajstić information content (AvgIpc) is 2.55. The van der Waals surface area contributed by atoms with Gasteiger partial charge in [0, 0.05) is 37.8 Å². The highest BCUT2D eigenvalue weighted by atomic mass is 15.2. The monoisotopic (exact) mass is 243 g/mol. The van der Waals surface area contributed by atoms with Crippen molar-refractivity contribution in [2.75, 3.05) is 18.0 Å².